The summed E-state index contributed by atoms with van der Waals surface area (Å²) in [4.78, 5) is 21.2. The van der Waals surface area contributed by atoms with E-state index in [0.29, 0.717) is 35.6 Å². The smallest absolute Gasteiger partial charge is 0.393 e. The van der Waals surface area contributed by atoms with Gasteiger partial charge < -0.3 is 15.4 Å². The summed E-state index contributed by atoms with van der Waals surface area (Å²) in [5.41, 5.74) is 1.95. The molecule has 174 valence electrons. The molecule has 0 spiro atoms. The fourth-order valence-electron chi connectivity index (χ4n) is 3.87. The standard InChI is InChI=1S/C23H17F4N5O2/c24-15-5-13(9-23(25,26)27)6-16(8-15)31-22(33)32-4-3-14-7-17(1-2-20(14)32)34-21-18-10-28-11-19(18)29-12-30-21/h1-8,12,28H,9-11H2,(H,31,33). The van der Waals surface area contributed by atoms with Crippen LogP contribution in [0.25, 0.3) is 10.9 Å². The van der Waals surface area contributed by atoms with E-state index >= 15 is 0 Å². The van der Waals surface area contributed by atoms with Crippen LogP contribution in [-0.4, -0.2) is 26.7 Å². The molecule has 4 aromatic rings. The number of aromatic nitrogens is 3. The minimum absolute atomic E-state index is 0.0720. The van der Waals surface area contributed by atoms with Gasteiger partial charge >= 0.3 is 12.2 Å². The Hall–Kier alpha value is -3.99. The SMILES string of the molecule is O=C(Nc1cc(F)cc(CC(F)(F)F)c1)n1ccc2cc(Oc3ncnc4c3CNC4)ccc21. The Morgan fingerprint density at radius 3 is 2.79 bits per heavy atom. The number of fused-ring (bicyclic) bond motifs is 2. The Labute approximate surface area is 190 Å². The molecule has 2 aromatic heterocycles. The Kier molecular flexibility index (Phi) is 5.40. The summed E-state index contributed by atoms with van der Waals surface area (Å²) >= 11 is 0. The van der Waals surface area contributed by atoms with Crippen molar-refractivity contribution in [1.82, 2.24) is 19.9 Å². The van der Waals surface area contributed by atoms with Crippen molar-refractivity contribution in [3.8, 4) is 11.6 Å². The van der Waals surface area contributed by atoms with Crippen LogP contribution in [-0.2, 0) is 19.5 Å². The van der Waals surface area contributed by atoms with Gasteiger partial charge in [0.2, 0.25) is 5.88 Å². The first-order chi connectivity index (χ1) is 16.2. The van der Waals surface area contributed by atoms with Gasteiger partial charge in [-0.25, -0.2) is 19.2 Å². The second-order valence-electron chi connectivity index (χ2n) is 7.79. The maximum absolute atomic E-state index is 13.8. The molecule has 0 radical (unpaired) electrons. The maximum Gasteiger partial charge on any atom is 0.393 e. The summed E-state index contributed by atoms with van der Waals surface area (Å²) in [6.07, 6.45) is -2.85. The average molecular weight is 471 g/mol. The number of rotatable bonds is 4. The Balaban J connectivity index is 1.36. The lowest BCUT2D eigenvalue weighted by Crippen LogP contribution is -2.19. The molecule has 3 heterocycles. The largest absolute Gasteiger partial charge is 0.439 e. The van der Waals surface area contributed by atoms with Crippen LogP contribution >= 0.6 is 0 Å². The van der Waals surface area contributed by atoms with E-state index in [4.69, 9.17) is 4.74 Å². The number of ether oxygens (including phenoxy) is 1. The van der Waals surface area contributed by atoms with Crippen molar-refractivity contribution in [2.75, 3.05) is 5.32 Å². The Morgan fingerprint density at radius 2 is 1.97 bits per heavy atom. The van der Waals surface area contributed by atoms with Gasteiger partial charge in [-0.1, -0.05) is 0 Å². The molecule has 1 aliphatic heterocycles. The van der Waals surface area contributed by atoms with Crippen molar-refractivity contribution in [3.05, 3.63) is 77.6 Å². The van der Waals surface area contributed by atoms with E-state index in [1.165, 1.54) is 17.1 Å². The Bertz CT molecular complexity index is 1400. The zero-order valence-electron chi connectivity index (χ0n) is 17.5. The maximum atomic E-state index is 13.8. The molecule has 0 unspecified atom stereocenters. The number of nitrogens with zero attached hydrogens (tertiary/aromatic N) is 3. The quantitative estimate of drug-likeness (QED) is 0.403. The molecule has 1 aliphatic rings. The van der Waals surface area contributed by atoms with Crippen molar-refractivity contribution >= 4 is 22.6 Å². The van der Waals surface area contributed by atoms with Crippen molar-refractivity contribution < 1.29 is 27.1 Å². The van der Waals surface area contributed by atoms with E-state index in [9.17, 15) is 22.4 Å². The molecular weight excluding hydrogens is 454 g/mol. The summed E-state index contributed by atoms with van der Waals surface area (Å²) in [7, 11) is 0. The average Bonchev–Trinajstić information content (AvgIpc) is 3.39. The van der Waals surface area contributed by atoms with E-state index in [1.807, 2.05) is 0 Å². The first-order valence-corrected chi connectivity index (χ1v) is 10.3. The fourth-order valence-corrected chi connectivity index (χ4v) is 3.87. The van der Waals surface area contributed by atoms with Crippen LogP contribution < -0.4 is 15.4 Å². The predicted molar refractivity (Wildman–Crippen MR) is 115 cm³/mol. The Morgan fingerprint density at radius 1 is 1.12 bits per heavy atom. The van der Waals surface area contributed by atoms with Crippen LogP contribution in [0.1, 0.15) is 16.8 Å². The highest BCUT2D eigenvalue weighted by Crippen LogP contribution is 2.30. The predicted octanol–water partition coefficient (Wildman–Crippen LogP) is 5.15. The van der Waals surface area contributed by atoms with Crippen LogP contribution in [0.4, 0.5) is 28.0 Å². The molecule has 2 aromatic carbocycles. The van der Waals surface area contributed by atoms with Crippen molar-refractivity contribution in [1.29, 1.82) is 0 Å². The molecule has 11 heteroatoms. The molecule has 7 nitrogen and oxygen atoms in total. The van der Waals surface area contributed by atoms with Gasteiger partial charge in [0.1, 0.15) is 17.9 Å². The van der Waals surface area contributed by atoms with Gasteiger partial charge in [0.15, 0.2) is 0 Å². The van der Waals surface area contributed by atoms with Gasteiger partial charge in [-0.2, -0.15) is 13.2 Å². The summed E-state index contributed by atoms with van der Waals surface area (Å²) in [6.45, 7) is 1.25. The third-order valence-corrected chi connectivity index (χ3v) is 5.30. The monoisotopic (exact) mass is 471 g/mol. The lowest BCUT2D eigenvalue weighted by atomic mass is 10.1. The molecule has 5 rings (SSSR count). The second-order valence-corrected chi connectivity index (χ2v) is 7.79. The summed E-state index contributed by atoms with van der Waals surface area (Å²) < 4.78 is 59.0. The molecule has 0 saturated heterocycles. The molecule has 2 N–H and O–H groups in total. The highest BCUT2D eigenvalue weighted by Gasteiger charge is 2.28. The van der Waals surface area contributed by atoms with Crippen LogP contribution in [0.15, 0.2) is 55.0 Å². The lowest BCUT2D eigenvalue weighted by molar-refractivity contribution is -0.127. The van der Waals surface area contributed by atoms with Gasteiger partial charge in [-0.15, -0.1) is 0 Å². The zero-order valence-corrected chi connectivity index (χ0v) is 17.5. The number of benzene rings is 2. The first kappa shape index (κ1) is 21.8. The highest BCUT2D eigenvalue weighted by molar-refractivity contribution is 5.98. The highest BCUT2D eigenvalue weighted by atomic mass is 19.4. The zero-order chi connectivity index (χ0) is 23.9. The van der Waals surface area contributed by atoms with Crippen LogP contribution in [0.5, 0.6) is 11.6 Å². The fraction of sp³-hybridized carbons (Fsp3) is 0.174. The van der Waals surface area contributed by atoms with Crippen LogP contribution in [0, 0.1) is 5.82 Å². The van der Waals surface area contributed by atoms with Gasteiger partial charge in [0.25, 0.3) is 0 Å². The van der Waals surface area contributed by atoms with Gasteiger partial charge in [-0.05, 0) is 48.0 Å². The number of halogens is 4. The van der Waals surface area contributed by atoms with E-state index in [0.717, 1.165) is 29.5 Å². The second kappa shape index (κ2) is 8.41. The molecular formula is C23H17F4N5O2. The number of amides is 1. The number of anilines is 1. The number of alkyl halides is 3. The van der Waals surface area contributed by atoms with Gasteiger partial charge in [-0.3, -0.25) is 4.57 Å². The first-order valence-electron chi connectivity index (χ1n) is 10.3. The summed E-state index contributed by atoms with van der Waals surface area (Å²) in [6, 6.07) is 8.97. The molecule has 34 heavy (non-hydrogen) atoms. The number of hydrogen-bond acceptors (Lipinski definition) is 5. The van der Waals surface area contributed by atoms with Gasteiger partial charge in [0.05, 0.1) is 23.2 Å². The minimum atomic E-state index is -4.49. The summed E-state index contributed by atoms with van der Waals surface area (Å²) in [5, 5.41) is 6.32. The van der Waals surface area contributed by atoms with E-state index in [-0.39, 0.29) is 11.3 Å². The van der Waals surface area contributed by atoms with Crippen molar-refractivity contribution in [2.45, 2.75) is 25.7 Å². The third-order valence-electron chi connectivity index (χ3n) is 5.30. The number of carbonyl (C=O) groups excluding carboxylic acids is 1. The molecule has 1 amide bonds. The third kappa shape index (κ3) is 4.55. The van der Waals surface area contributed by atoms with Crippen LogP contribution in [0.2, 0.25) is 0 Å². The van der Waals surface area contributed by atoms with Crippen molar-refractivity contribution in [3.63, 3.8) is 0 Å². The molecule has 0 bridgehead atoms. The number of hydrogen-bond donors (Lipinski definition) is 2. The molecule has 0 atom stereocenters. The minimum Gasteiger partial charge on any atom is -0.439 e. The number of carbonyl (C=O) groups is 1. The number of nitrogens with one attached hydrogen (secondary N) is 2. The molecule has 0 saturated carbocycles. The molecule has 0 aliphatic carbocycles. The topological polar surface area (TPSA) is 81.1 Å². The van der Waals surface area contributed by atoms with Crippen LogP contribution in [0.3, 0.4) is 0 Å². The lowest BCUT2D eigenvalue weighted by Gasteiger charge is -2.11. The van der Waals surface area contributed by atoms with E-state index < -0.39 is 24.4 Å². The summed E-state index contributed by atoms with van der Waals surface area (Å²) in [5.74, 6) is 0.0929. The van der Waals surface area contributed by atoms with E-state index in [1.54, 1.807) is 24.3 Å². The molecule has 0 fully saturated rings. The van der Waals surface area contributed by atoms with Crippen molar-refractivity contribution in [2.24, 2.45) is 0 Å². The van der Waals surface area contributed by atoms with Gasteiger partial charge in [0, 0.05) is 30.4 Å². The van der Waals surface area contributed by atoms with E-state index in [2.05, 4.69) is 20.6 Å². The normalized spacial score (nSPS) is 13.2.